The number of benzene rings is 1. The second kappa shape index (κ2) is 4.81. The third-order valence-corrected chi connectivity index (χ3v) is 3.65. The van der Waals surface area contributed by atoms with E-state index in [0.717, 1.165) is 10.7 Å². The Balaban J connectivity index is 2.69. The molecule has 3 heteroatoms. The van der Waals surface area contributed by atoms with Crippen LogP contribution in [0.15, 0.2) is 41.4 Å². The summed E-state index contributed by atoms with van der Waals surface area (Å²) >= 11 is 1.63. The Morgan fingerprint density at radius 3 is 2.28 bits per heavy atom. The average Bonchev–Trinajstić information content (AvgIpc) is 2.72. The van der Waals surface area contributed by atoms with Gasteiger partial charge in [-0.15, -0.1) is 11.8 Å². The van der Waals surface area contributed by atoms with Crippen LogP contribution in [0.3, 0.4) is 0 Å². The highest BCUT2D eigenvalue weighted by atomic mass is 32.2. The normalized spacial score (nSPS) is 11.8. The molecule has 0 fully saturated rings. The van der Waals surface area contributed by atoms with Crippen LogP contribution in [0, 0.1) is 5.82 Å². The van der Waals surface area contributed by atoms with Gasteiger partial charge in [0, 0.05) is 11.1 Å². The third-order valence-electron chi connectivity index (χ3n) is 2.92. The van der Waals surface area contributed by atoms with E-state index in [2.05, 4.69) is 32.9 Å². The van der Waals surface area contributed by atoms with Crippen molar-refractivity contribution in [3.63, 3.8) is 0 Å². The van der Waals surface area contributed by atoms with E-state index >= 15 is 0 Å². The Hall–Kier alpha value is -1.22. The highest BCUT2D eigenvalue weighted by molar-refractivity contribution is 7.98. The lowest BCUT2D eigenvalue weighted by molar-refractivity contribution is 0.539. The summed E-state index contributed by atoms with van der Waals surface area (Å²) in [4.78, 5) is 0. The molecule has 0 radical (unpaired) electrons. The van der Waals surface area contributed by atoms with Crippen LogP contribution >= 0.6 is 11.8 Å². The van der Waals surface area contributed by atoms with Crippen LogP contribution in [-0.4, -0.2) is 10.8 Å². The summed E-state index contributed by atoms with van der Waals surface area (Å²) in [7, 11) is 0. The van der Waals surface area contributed by atoms with Gasteiger partial charge in [0.25, 0.3) is 0 Å². The summed E-state index contributed by atoms with van der Waals surface area (Å²) in [6, 6.07) is 11.1. The maximum atomic E-state index is 14.0. The Labute approximate surface area is 112 Å². The molecule has 0 saturated carbocycles. The summed E-state index contributed by atoms with van der Waals surface area (Å²) in [6.07, 6.45) is 2.01. The van der Waals surface area contributed by atoms with E-state index in [1.54, 1.807) is 17.8 Å². The van der Waals surface area contributed by atoms with E-state index in [0.29, 0.717) is 5.69 Å². The van der Waals surface area contributed by atoms with Crippen LogP contribution in [0.2, 0.25) is 0 Å². The van der Waals surface area contributed by atoms with Crippen LogP contribution < -0.4 is 0 Å². The van der Waals surface area contributed by atoms with Gasteiger partial charge in [-0.1, -0.05) is 32.9 Å². The van der Waals surface area contributed by atoms with Crippen molar-refractivity contribution in [2.75, 3.05) is 6.26 Å². The molecule has 0 atom stereocenters. The van der Waals surface area contributed by atoms with Crippen molar-refractivity contribution in [2.45, 2.75) is 31.2 Å². The topological polar surface area (TPSA) is 4.93 Å². The molecule has 1 nitrogen and oxygen atoms in total. The molecule has 0 unspecified atom stereocenters. The van der Waals surface area contributed by atoms with Crippen molar-refractivity contribution in [2.24, 2.45) is 0 Å². The molecule has 0 saturated heterocycles. The first-order valence-electron chi connectivity index (χ1n) is 5.96. The van der Waals surface area contributed by atoms with Crippen LogP contribution in [0.5, 0.6) is 0 Å². The summed E-state index contributed by atoms with van der Waals surface area (Å²) in [5, 5.41) is 1.06. The van der Waals surface area contributed by atoms with Gasteiger partial charge in [0.15, 0.2) is 0 Å². The zero-order chi connectivity index (χ0) is 13.3. The lowest BCUT2D eigenvalue weighted by Crippen LogP contribution is -2.17. The number of thioether (sulfide) groups is 1. The van der Waals surface area contributed by atoms with Crippen molar-refractivity contribution in [1.29, 1.82) is 0 Å². The minimum absolute atomic E-state index is 0.0176. The zero-order valence-electron chi connectivity index (χ0n) is 11.2. The molecule has 2 aromatic rings. The molecule has 96 valence electrons. The second-order valence-electron chi connectivity index (χ2n) is 5.30. The minimum Gasteiger partial charge on any atom is -0.305 e. The van der Waals surface area contributed by atoms with Gasteiger partial charge in [0.05, 0.1) is 10.7 Å². The standard InChI is InChI=1S/C15H18FNS/c1-15(2,3)13-9-10-14(18-4)17(13)12-8-6-5-7-11(12)16/h5-10H,1-4H3. The van der Waals surface area contributed by atoms with Crippen molar-refractivity contribution in [3.05, 3.63) is 47.9 Å². The first-order chi connectivity index (χ1) is 8.45. The Bertz CT molecular complexity index is 552. The second-order valence-corrected chi connectivity index (χ2v) is 6.12. The summed E-state index contributed by atoms with van der Waals surface area (Å²) in [6.45, 7) is 6.43. The molecule has 0 aliphatic rings. The molecule has 0 amide bonds. The lowest BCUT2D eigenvalue weighted by atomic mass is 9.92. The number of nitrogens with zero attached hydrogens (tertiary/aromatic N) is 1. The van der Waals surface area contributed by atoms with Gasteiger partial charge in [-0.25, -0.2) is 4.39 Å². The number of hydrogen-bond acceptors (Lipinski definition) is 1. The molecule has 1 aromatic heterocycles. The molecular formula is C15H18FNS. The fourth-order valence-electron chi connectivity index (χ4n) is 2.04. The van der Waals surface area contributed by atoms with Crippen LogP contribution in [-0.2, 0) is 5.41 Å². The minimum atomic E-state index is -0.186. The largest absolute Gasteiger partial charge is 0.305 e. The smallest absolute Gasteiger partial charge is 0.147 e. The quantitative estimate of drug-likeness (QED) is 0.715. The van der Waals surface area contributed by atoms with Gasteiger partial charge < -0.3 is 4.57 Å². The molecule has 0 N–H and O–H groups in total. The van der Waals surface area contributed by atoms with Crippen molar-refractivity contribution >= 4 is 11.8 Å². The molecule has 0 bridgehead atoms. The molecule has 1 heterocycles. The van der Waals surface area contributed by atoms with Crippen LogP contribution in [0.4, 0.5) is 4.39 Å². The molecule has 1 aromatic carbocycles. The van der Waals surface area contributed by atoms with Crippen molar-refractivity contribution in [1.82, 2.24) is 4.57 Å². The van der Waals surface area contributed by atoms with Gasteiger partial charge in [0.1, 0.15) is 5.82 Å². The summed E-state index contributed by atoms with van der Waals surface area (Å²) in [5.41, 5.74) is 1.73. The van der Waals surface area contributed by atoms with Crippen LogP contribution in [0.25, 0.3) is 5.69 Å². The Morgan fingerprint density at radius 2 is 1.72 bits per heavy atom. The monoisotopic (exact) mass is 263 g/mol. The van der Waals surface area contributed by atoms with E-state index in [4.69, 9.17) is 0 Å². The van der Waals surface area contributed by atoms with E-state index in [-0.39, 0.29) is 11.2 Å². The maximum absolute atomic E-state index is 14.0. The number of rotatable bonds is 2. The van der Waals surface area contributed by atoms with Gasteiger partial charge in [0.2, 0.25) is 0 Å². The molecule has 0 aliphatic heterocycles. The Morgan fingerprint density at radius 1 is 1.06 bits per heavy atom. The van der Waals surface area contributed by atoms with Gasteiger partial charge in [-0.3, -0.25) is 0 Å². The zero-order valence-corrected chi connectivity index (χ0v) is 12.0. The van der Waals surface area contributed by atoms with Crippen molar-refractivity contribution < 1.29 is 4.39 Å². The molecular weight excluding hydrogens is 245 g/mol. The number of para-hydroxylation sites is 1. The number of aromatic nitrogens is 1. The first-order valence-corrected chi connectivity index (χ1v) is 7.18. The fourth-order valence-corrected chi connectivity index (χ4v) is 2.63. The van der Waals surface area contributed by atoms with Gasteiger partial charge in [-0.2, -0.15) is 0 Å². The van der Waals surface area contributed by atoms with E-state index in [1.807, 2.05) is 23.0 Å². The Kier molecular flexibility index (Phi) is 3.53. The number of hydrogen-bond donors (Lipinski definition) is 0. The predicted molar refractivity (Wildman–Crippen MR) is 76.2 cm³/mol. The predicted octanol–water partition coefficient (Wildman–Crippen LogP) is 4.64. The van der Waals surface area contributed by atoms with E-state index in [1.165, 1.54) is 6.07 Å². The average molecular weight is 263 g/mol. The van der Waals surface area contributed by atoms with Gasteiger partial charge in [-0.05, 0) is 30.5 Å². The molecule has 0 aliphatic carbocycles. The van der Waals surface area contributed by atoms with Gasteiger partial charge >= 0.3 is 0 Å². The summed E-state index contributed by atoms with van der Waals surface area (Å²) < 4.78 is 16.0. The highest BCUT2D eigenvalue weighted by Crippen LogP contribution is 2.32. The third kappa shape index (κ3) is 2.32. The van der Waals surface area contributed by atoms with Crippen molar-refractivity contribution in [3.8, 4) is 5.69 Å². The number of halogens is 1. The fraction of sp³-hybridized carbons (Fsp3) is 0.333. The SMILES string of the molecule is CSc1ccc(C(C)(C)C)n1-c1ccccc1F. The first kappa shape index (κ1) is 13.2. The highest BCUT2D eigenvalue weighted by Gasteiger charge is 2.22. The lowest BCUT2D eigenvalue weighted by Gasteiger charge is -2.23. The molecule has 2 rings (SSSR count). The van der Waals surface area contributed by atoms with E-state index in [9.17, 15) is 4.39 Å². The molecule has 18 heavy (non-hydrogen) atoms. The van der Waals surface area contributed by atoms with Crippen LogP contribution in [0.1, 0.15) is 26.5 Å². The van der Waals surface area contributed by atoms with E-state index < -0.39 is 0 Å². The summed E-state index contributed by atoms with van der Waals surface area (Å²) in [5.74, 6) is -0.186. The maximum Gasteiger partial charge on any atom is 0.147 e. The molecule has 0 spiro atoms.